The number of pyridine rings is 1. The summed E-state index contributed by atoms with van der Waals surface area (Å²) < 4.78 is 1.52. The lowest BCUT2D eigenvalue weighted by Crippen LogP contribution is -2.02. The maximum Gasteiger partial charge on any atom is 0.392 e. The van der Waals surface area contributed by atoms with Crippen LogP contribution in [0.15, 0.2) is 24.5 Å². The average molecular weight is 233 g/mol. The fourth-order valence-corrected chi connectivity index (χ4v) is 1.55. The zero-order valence-electron chi connectivity index (χ0n) is 9.20. The Morgan fingerprint density at radius 1 is 1.59 bits per heavy atom. The summed E-state index contributed by atoms with van der Waals surface area (Å²) in [5.41, 5.74) is 6.98. The first-order valence-corrected chi connectivity index (χ1v) is 4.95. The predicted octanol–water partition coefficient (Wildman–Crippen LogP) is 1.13. The molecule has 88 valence electrons. The molecule has 0 atom stereocenters. The van der Waals surface area contributed by atoms with Gasteiger partial charge in [0.15, 0.2) is 0 Å². The molecule has 0 fully saturated rings. The van der Waals surface area contributed by atoms with Crippen LogP contribution in [-0.2, 0) is 6.54 Å². The van der Waals surface area contributed by atoms with Gasteiger partial charge in [0.2, 0.25) is 0 Å². The molecule has 0 aliphatic heterocycles. The number of hydrogen-bond acceptors (Lipinski definition) is 5. The molecule has 0 saturated heterocycles. The molecule has 2 aromatic heterocycles. The molecule has 2 rings (SSSR count). The van der Waals surface area contributed by atoms with E-state index >= 15 is 0 Å². The van der Waals surface area contributed by atoms with Crippen molar-refractivity contribution in [2.45, 2.75) is 13.5 Å². The SMILES string of the molecule is Cc1cn(Cc2ccnc(N)c2)nc1[N+](=O)[O-]. The number of nitrogens with zero attached hydrogens (tertiary/aromatic N) is 4. The molecule has 17 heavy (non-hydrogen) atoms. The van der Waals surface area contributed by atoms with Crippen LogP contribution in [0.5, 0.6) is 0 Å². The summed E-state index contributed by atoms with van der Waals surface area (Å²) in [6.45, 7) is 2.09. The lowest BCUT2D eigenvalue weighted by atomic mass is 10.2. The number of nitrogens with two attached hydrogens (primary N) is 1. The number of aryl methyl sites for hydroxylation is 1. The van der Waals surface area contributed by atoms with E-state index in [1.54, 1.807) is 31.5 Å². The van der Waals surface area contributed by atoms with Crippen molar-refractivity contribution in [3.05, 3.63) is 45.8 Å². The van der Waals surface area contributed by atoms with Crippen LogP contribution >= 0.6 is 0 Å². The normalized spacial score (nSPS) is 10.4. The highest BCUT2D eigenvalue weighted by Gasteiger charge is 2.16. The number of anilines is 1. The minimum atomic E-state index is -0.493. The molecular weight excluding hydrogens is 222 g/mol. The molecule has 0 aliphatic carbocycles. The van der Waals surface area contributed by atoms with Crippen LogP contribution in [0.4, 0.5) is 11.6 Å². The average Bonchev–Trinajstić information content (AvgIpc) is 2.59. The first kappa shape index (κ1) is 11.1. The van der Waals surface area contributed by atoms with Gasteiger partial charge in [-0.3, -0.25) is 0 Å². The first-order valence-electron chi connectivity index (χ1n) is 4.95. The third kappa shape index (κ3) is 2.39. The second-order valence-electron chi connectivity index (χ2n) is 3.68. The number of nitrogen functional groups attached to an aromatic ring is 1. The fourth-order valence-electron chi connectivity index (χ4n) is 1.55. The summed E-state index contributed by atoms with van der Waals surface area (Å²) in [6, 6.07) is 3.50. The van der Waals surface area contributed by atoms with Crippen LogP contribution in [-0.4, -0.2) is 19.7 Å². The Balaban J connectivity index is 2.25. The van der Waals surface area contributed by atoms with Crippen molar-refractivity contribution in [2.75, 3.05) is 5.73 Å². The fraction of sp³-hybridized carbons (Fsp3) is 0.200. The number of aromatic nitrogens is 3. The summed E-state index contributed by atoms with van der Waals surface area (Å²) in [5, 5.41) is 14.5. The molecule has 0 bridgehead atoms. The smallest absolute Gasteiger partial charge is 0.384 e. The Morgan fingerprint density at radius 3 is 2.94 bits per heavy atom. The van der Waals surface area contributed by atoms with Gasteiger partial charge in [-0.2, -0.15) is 4.68 Å². The van der Waals surface area contributed by atoms with E-state index in [9.17, 15) is 10.1 Å². The van der Waals surface area contributed by atoms with Gasteiger partial charge in [-0.1, -0.05) is 0 Å². The number of nitro groups is 1. The molecule has 7 heteroatoms. The zero-order chi connectivity index (χ0) is 12.4. The largest absolute Gasteiger partial charge is 0.392 e. The first-order chi connectivity index (χ1) is 8.06. The molecule has 0 spiro atoms. The van der Waals surface area contributed by atoms with E-state index in [1.165, 1.54) is 4.68 Å². The molecule has 0 aliphatic rings. The minimum Gasteiger partial charge on any atom is -0.384 e. The van der Waals surface area contributed by atoms with E-state index in [2.05, 4.69) is 10.1 Å². The molecule has 2 N–H and O–H groups in total. The highest BCUT2D eigenvalue weighted by Crippen LogP contribution is 2.15. The summed E-state index contributed by atoms with van der Waals surface area (Å²) >= 11 is 0. The van der Waals surface area contributed by atoms with Gasteiger partial charge < -0.3 is 15.8 Å². The van der Waals surface area contributed by atoms with Gasteiger partial charge in [-0.15, -0.1) is 0 Å². The third-order valence-electron chi connectivity index (χ3n) is 2.28. The van der Waals surface area contributed by atoms with Crippen molar-refractivity contribution < 1.29 is 4.92 Å². The lowest BCUT2D eigenvalue weighted by molar-refractivity contribution is -0.390. The standard InChI is InChI=1S/C10H11N5O2/c1-7-5-14(13-10(7)15(16)17)6-8-2-3-12-9(11)4-8/h2-5H,6H2,1H3,(H2,11,12). The lowest BCUT2D eigenvalue weighted by Gasteiger charge is -1.98. The van der Waals surface area contributed by atoms with Crippen molar-refractivity contribution in [1.29, 1.82) is 0 Å². The quantitative estimate of drug-likeness (QED) is 0.632. The maximum atomic E-state index is 10.6. The van der Waals surface area contributed by atoms with Crippen LogP contribution in [0.25, 0.3) is 0 Å². The molecular formula is C10H11N5O2. The van der Waals surface area contributed by atoms with Crippen LogP contribution in [0.2, 0.25) is 0 Å². The summed E-state index contributed by atoms with van der Waals surface area (Å²) in [7, 11) is 0. The van der Waals surface area contributed by atoms with Gasteiger partial charge in [0.05, 0.1) is 23.4 Å². The van der Waals surface area contributed by atoms with E-state index < -0.39 is 4.92 Å². The van der Waals surface area contributed by atoms with E-state index in [4.69, 9.17) is 5.73 Å². The Labute approximate surface area is 97.0 Å². The number of rotatable bonds is 3. The minimum absolute atomic E-state index is 0.118. The molecule has 0 unspecified atom stereocenters. The third-order valence-corrected chi connectivity index (χ3v) is 2.28. The second kappa shape index (κ2) is 4.20. The molecule has 0 radical (unpaired) electrons. The van der Waals surface area contributed by atoms with Crippen molar-refractivity contribution in [1.82, 2.24) is 14.8 Å². The molecule has 2 aromatic rings. The molecule has 2 heterocycles. The van der Waals surface area contributed by atoms with Gasteiger partial charge in [-0.05, 0) is 29.5 Å². The van der Waals surface area contributed by atoms with Gasteiger partial charge in [0.1, 0.15) is 5.82 Å². The monoisotopic (exact) mass is 233 g/mol. The highest BCUT2D eigenvalue weighted by atomic mass is 16.6. The van der Waals surface area contributed by atoms with E-state index in [-0.39, 0.29) is 5.82 Å². The predicted molar refractivity (Wildman–Crippen MR) is 61.4 cm³/mol. The highest BCUT2D eigenvalue weighted by molar-refractivity contribution is 5.33. The van der Waals surface area contributed by atoms with Crippen LogP contribution in [0.3, 0.4) is 0 Å². The topological polar surface area (TPSA) is 99.9 Å². The van der Waals surface area contributed by atoms with E-state index in [1.807, 2.05) is 0 Å². The molecule has 7 nitrogen and oxygen atoms in total. The summed E-state index contributed by atoms with van der Waals surface area (Å²) in [5.74, 6) is 0.299. The van der Waals surface area contributed by atoms with Crippen molar-refractivity contribution in [3.8, 4) is 0 Å². The molecule has 0 amide bonds. The molecule has 0 aromatic carbocycles. The van der Waals surface area contributed by atoms with Gasteiger partial charge in [0, 0.05) is 6.20 Å². The van der Waals surface area contributed by atoms with Crippen molar-refractivity contribution in [2.24, 2.45) is 0 Å². The van der Waals surface area contributed by atoms with Gasteiger partial charge in [-0.25, -0.2) is 4.98 Å². The van der Waals surface area contributed by atoms with E-state index in [0.29, 0.717) is 17.9 Å². The van der Waals surface area contributed by atoms with Crippen LogP contribution in [0.1, 0.15) is 11.1 Å². The number of hydrogen-bond donors (Lipinski definition) is 1. The maximum absolute atomic E-state index is 10.6. The van der Waals surface area contributed by atoms with Crippen LogP contribution < -0.4 is 5.73 Å². The Hall–Kier alpha value is -2.44. The Kier molecular flexibility index (Phi) is 2.73. The van der Waals surface area contributed by atoms with Gasteiger partial charge in [0.25, 0.3) is 0 Å². The van der Waals surface area contributed by atoms with Crippen molar-refractivity contribution >= 4 is 11.6 Å². The van der Waals surface area contributed by atoms with E-state index in [0.717, 1.165) is 5.56 Å². The molecule has 0 saturated carbocycles. The van der Waals surface area contributed by atoms with Crippen molar-refractivity contribution in [3.63, 3.8) is 0 Å². The summed E-state index contributed by atoms with van der Waals surface area (Å²) in [4.78, 5) is 14.0. The second-order valence-corrected chi connectivity index (χ2v) is 3.68. The van der Waals surface area contributed by atoms with Crippen LogP contribution in [0, 0.1) is 17.0 Å². The Bertz CT molecular complexity index is 564. The van der Waals surface area contributed by atoms with Gasteiger partial charge >= 0.3 is 5.82 Å². The summed E-state index contributed by atoms with van der Waals surface area (Å²) in [6.07, 6.45) is 3.23. The zero-order valence-corrected chi connectivity index (χ0v) is 9.20. The Morgan fingerprint density at radius 2 is 2.35 bits per heavy atom.